The summed E-state index contributed by atoms with van der Waals surface area (Å²) in [7, 11) is -3.76. The summed E-state index contributed by atoms with van der Waals surface area (Å²) < 4.78 is 27.9. The second kappa shape index (κ2) is 8.29. The number of anilines is 1. The van der Waals surface area contributed by atoms with Gasteiger partial charge in [0, 0.05) is 24.2 Å². The van der Waals surface area contributed by atoms with E-state index in [4.69, 9.17) is 5.73 Å². The van der Waals surface area contributed by atoms with Crippen LogP contribution in [0, 0.1) is 0 Å². The van der Waals surface area contributed by atoms with Gasteiger partial charge in [-0.15, -0.1) is 12.4 Å². The number of nitrogens with zero attached hydrogens (tertiary/aromatic N) is 1. The number of hydrogen-bond acceptors (Lipinski definition) is 4. The van der Waals surface area contributed by atoms with Gasteiger partial charge >= 0.3 is 0 Å². The maximum Gasteiger partial charge on any atom is 0.264 e. The van der Waals surface area contributed by atoms with Gasteiger partial charge in [0.1, 0.15) is 0 Å². The van der Waals surface area contributed by atoms with E-state index in [0.29, 0.717) is 24.2 Å². The third-order valence-electron chi connectivity index (χ3n) is 4.53. The molecule has 2 aromatic rings. The van der Waals surface area contributed by atoms with Gasteiger partial charge in [0.05, 0.1) is 10.6 Å². The number of fused-ring (bicyclic) bond motifs is 1. The summed E-state index contributed by atoms with van der Waals surface area (Å²) >= 11 is 0. The molecule has 27 heavy (non-hydrogen) atoms. The van der Waals surface area contributed by atoms with Gasteiger partial charge in [-0.25, -0.2) is 8.42 Å². The summed E-state index contributed by atoms with van der Waals surface area (Å²) in [6.07, 6.45) is 0.670. The molecule has 1 unspecified atom stereocenters. The van der Waals surface area contributed by atoms with Crippen molar-refractivity contribution in [2.75, 3.05) is 10.8 Å². The number of amides is 1. The van der Waals surface area contributed by atoms with Gasteiger partial charge in [0.2, 0.25) is 0 Å². The number of halogens is 1. The minimum Gasteiger partial charge on any atom is -0.348 e. The predicted octanol–water partition coefficient (Wildman–Crippen LogP) is 2.33. The van der Waals surface area contributed by atoms with Crippen LogP contribution in [0.25, 0.3) is 0 Å². The highest BCUT2D eigenvalue weighted by Gasteiger charge is 2.36. The first-order valence-corrected chi connectivity index (χ1v) is 10.0. The lowest BCUT2D eigenvalue weighted by Crippen LogP contribution is -2.38. The first-order chi connectivity index (χ1) is 12.3. The molecular formula is C19H24ClN3O3S. The number of nitrogens with two attached hydrogens (primary N) is 1. The maximum absolute atomic E-state index is 13.2. The molecule has 0 fully saturated rings. The fourth-order valence-corrected chi connectivity index (χ4v) is 4.92. The maximum atomic E-state index is 13.2. The number of para-hydroxylation sites is 1. The van der Waals surface area contributed by atoms with Crippen molar-refractivity contribution in [3.05, 3.63) is 59.7 Å². The third-order valence-corrected chi connectivity index (χ3v) is 6.45. The standard InChI is InChI=1S/C19H23N3O3S.ClH/c1-13(12-20)21-19(23)16-7-5-8-17(11-16)26(24,25)22-14(2)10-15-6-3-4-9-18(15)22;/h3-9,11,13-14H,10,12,20H2,1-2H3,(H,21,23);1H/t13-,14?;/m0./s1. The second-order valence-electron chi connectivity index (χ2n) is 6.62. The SMILES string of the molecule is CC1Cc2ccccc2N1S(=O)(=O)c1cccc(C(=O)N[C@@H](C)CN)c1.Cl. The fraction of sp³-hybridized carbons (Fsp3) is 0.316. The van der Waals surface area contributed by atoms with E-state index < -0.39 is 10.0 Å². The predicted molar refractivity (Wildman–Crippen MR) is 109 cm³/mol. The Morgan fingerprint density at radius 2 is 1.96 bits per heavy atom. The molecule has 146 valence electrons. The summed E-state index contributed by atoms with van der Waals surface area (Å²) in [5.41, 5.74) is 7.53. The van der Waals surface area contributed by atoms with Gasteiger partial charge in [0.15, 0.2) is 0 Å². The molecule has 1 aliphatic heterocycles. The van der Waals surface area contributed by atoms with Gasteiger partial charge in [-0.3, -0.25) is 9.10 Å². The lowest BCUT2D eigenvalue weighted by Gasteiger charge is -2.24. The van der Waals surface area contributed by atoms with Crippen LogP contribution in [0.3, 0.4) is 0 Å². The lowest BCUT2D eigenvalue weighted by atomic mass is 10.1. The van der Waals surface area contributed by atoms with Gasteiger partial charge in [0.25, 0.3) is 15.9 Å². The molecule has 1 heterocycles. The van der Waals surface area contributed by atoms with E-state index in [0.717, 1.165) is 5.56 Å². The topological polar surface area (TPSA) is 92.5 Å². The zero-order valence-corrected chi connectivity index (χ0v) is 16.9. The summed E-state index contributed by atoms with van der Waals surface area (Å²) in [4.78, 5) is 12.4. The van der Waals surface area contributed by atoms with Crippen molar-refractivity contribution < 1.29 is 13.2 Å². The van der Waals surface area contributed by atoms with Crippen LogP contribution in [-0.2, 0) is 16.4 Å². The number of rotatable bonds is 5. The first kappa shape index (κ1) is 21.2. The van der Waals surface area contributed by atoms with Crippen LogP contribution in [0.4, 0.5) is 5.69 Å². The van der Waals surface area contributed by atoms with Crippen LogP contribution < -0.4 is 15.4 Å². The number of carbonyl (C=O) groups excluding carboxylic acids is 1. The van der Waals surface area contributed by atoms with Crippen LogP contribution >= 0.6 is 12.4 Å². The largest absolute Gasteiger partial charge is 0.348 e. The summed E-state index contributed by atoms with van der Waals surface area (Å²) in [5.74, 6) is -0.338. The Kier molecular flexibility index (Phi) is 6.51. The zero-order chi connectivity index (χ0) is 18.9. The van der Waals surface area contributed by atoms with Crippen molar-refractivity contribution in [3.8, 4) is 0 Å². The van der Waals surface area contributed by atoms with Crippen molar-refractivity contribution >= 4 is 34.0 Å². The van der Waals surface area contributed by atoms with Gasteiger partial charge in [-0.05, 0) is 50.1 Å². The Labute approximate surface area is 166 Å². The highest BCUT2D eigenvalue weighted by molar-refractivity contribution is 7.92. The minimum absolute atomic E-state index is 0. The molecule has 0 spiro atoms. The second-order valence-corrected chi connectivity index (χ2v) is 8.44. The molecule has 1 aliphatic rings. The van der Waals surface area contributed by atoms with Crippen molar-refractivity contribution in [2.24, 2.45) is 5.73 Å². The number of sulfonamides is 1. The first-order valence-electron chi connectivity index (χ1n) is 8.58. The molecule has 0 aliphatic carbocycles. The number of benzene rings is 2. The van der Waals surface area contributed by atoms with Crippen LogP contribution in [-0.4, -0.2) is 33.0 Å². The summed E-state index contributed by atoms with van der Waals surface area (Å²) in [6, 6.07) is 13.3. The van der Waals surface area contributed by atoms with Crippen LogP contribution in [0.1, 0.15) is 29.8 Å². The van der Waals surface area contributed by atoms with E-state index in [9.17, 15) is 13.2 Å². The Hall–Kier alpha value is -2.09. The smallest absolute Gasteiger partial charge is 0.264 e. The van der Waals surface area contributed by atoms with E-state index in [2.05, 4.69) is 5.32 Å². The molecule has 2 aromatic carbocycles. The average molecular weight is 410 g/mol. The normalized spacial score (nSPS) is 17.0. The van der Waals surface area contributed by atoms with Crippen LogP contribution in [0.5, 0.6) is 0 Å². The molecule has 2 atom stereocenters. The van der Waals surface area contributed by atoms with Gasteiger partial charge < -0.3 is 11.1 Å². The van der Waals surface area contributed by atoms with Gasteiger partial charge in [-0.1, -0.05) is 24.3 Å². The van der Waals surface area contributed by atoms with E-state index in [1.165, 1.54) is 16.4 Å². The van der Waals surface area contributed by atoms with E-state index >= 15 is 0 Å². The monoisotopic (exact) mass is 409 g/mol. The molecule has 0 radical (unpaired) electrons. The molecule has 3 N–H and O–H groups in total. The highest BCUT2D eigenvalue weighted by atomic mass is 35.5. The Bertz CT molecular complexity index is 933. The molecule has 0 saturated heterocycles. The third kappa shape index (κ3) is 4.10. The molecule has 3 rings (SSSR count). The highest BCUT2D eigenvalue weighted by Crippen LogP contribution is 2.36. The lowest BCUT2D eigenvalue weighted by molar-refractivity contribution is 0.0941. The van der Waals surface area contributed by atoms with E-state index in [1.54, 1.807) is 19.1 Å². The van der Waals surface area contributed by atoms with Crippen LogP contribution in [0.15, 0.2) is 53.4 Å². The molecule has 8 heteroatoms. The molecule has 6 nitrogen and oxygen atoms in total. The van der Waals surface area contributed by atoms with Crippen molar-refractivity contribution in [1.29, 1.82) is 0 Å². The molecule has 0 saturated carbocycles. The molecule has 1 amide bonds. The Morgan fingerprint density at radius 1 is 1.26 bits per heavy atom. The zero-order valence-electron chi connectivity index (χ0n) is 15.3. The molecule has 0 aromatic heterocycles. The quantitative estimate of drug-likeness (QED) is 0.792. The number of nitrogens with one attached hydrogen (secondary N) is 1. The van der Waals surface area contributed by atoms with E-state index in [-0.39, 0.29) is 35.3 Å². The van der Waals surface area contributed by atoms with Crippen LogP contribution in [0.2, 0.25) is 0 Å². The van der Waals surface area contributed by atoms with Crippen molar-refractivity contribution in [2.45, 2.75) is 37.2 Å². The number of carbonyl (C=O) groups is 1. The van der Waals surface area contributed by atoms with E-state index in [1.807, 2.05) is 31.2 Å². The fourth-order valence-electron chi connectivity index (χ4n) is 3.18. The van der Waals surface area contributed by atoms with Crippen molar-refractivity contribution in [3.63, 3.8) is 0 Å². The average Bonchev–Trinajstić information content (AvgIpc) is 2.98. The number of hydrogen-bond donors (Lipinski definition) is 2. The Balaban J connectivity index is 0.00000261. The summed E-state index contributed by atoms with van der Waals surface area (Å²) in [5, 5.41) is 2.75. The summed E-state index contributed by atoms with van der Waals surface area (Å²) in [6.45, 7) is 3.99. The molecule has 0 bridgehead atoms. The Morgan fingerprint density at radius 3 is 2.67 bits per heavy atom. The van der Waals surface area contributed by atoms with Gasteiger partial charge in [-0.2, -0.15) is 0 Å². The van der Waals surface area contributed by atoms with Crippen molar-refractivity contribution in [1.82, 2.24) is 5.32 Å². The molecular weight excluding hydrogens is 386 g/mol. The minimum atomic E-state index is -3.76.